The van der Waals surface area contributed by atoms with E-state index in [4.69, 9.17) is 4.74 Å². The van der Waals surface area contributed by atoms with Crippen LogP contribution >= 0.6 is 9.24 Å². The lowest BCUT2D eigenvalue weighted by Crippen LogP contribution is -2.20. The molecular weight excluding hydrogens is 197 g/mol. The van der Waals surface area contributed by atoms with Gasteiger partial charge in [-0.05, 0) is 11.6 Å². The van der Waals surface area contributed by atoms with Gasteiger partial charge in [0.2, 0.25) is 0 Å². The molecule has 0 radical (unpaired) electrons. The second-order valence-electron chi connectivity index (χ2n) is 3.38. The second-order valence-corrected chi connectivity index (χ2v) is 3.95. The van der Waals surface area contributed by atoms with Crippen molar-refractivity contribution in [3.63, 3.8) is 0 Å². The highest BCUT2D eigenvalue weighted by atomic mass is 31.0. The number of carbonyl (C=O) groups excluding carboxylic acids is 1. The smallest absolute Gasteiger partial charge is 0.255 e. The average Bonchev–Trinajstić information content (AvgIpc) is 2.44. The van der Waals surface area contributed by atoms with Gasteiger partial charge in [0.05, 0.1) is 12.7 Å². The van der Waals surface area contributed by atoms with Gasteiger partial charge in [-0.25, -0.2) is 0 Å². The molecule has 1 unspecified atom stereocenters. The van der Waals surface area contributed by atoms with Crippen molar-refractivity contribution in [1.29, 1.82) is 0 Å². The number of methoxy groups -OCH3 is 1. The number of amides is 1. The van der Waals surface area contributed by atoms with Crippen molar-refractivity contribution in [3.05, 3.63) is 23.3 Å². The monoisotopic (exact) mass is 209 g/mol. The van der Waals surface area contributed by atoms with Crippen LogP contribution in [0, 0.1) is 0 Å². The van der Waals surface area contributed by atoms with Gasteiger partial charge in [-0.3, -0.25) is 4.79 Å². The predicted octanol–water partition coefficient (Wildman–Crippen LogP) is 0.781. The van der Waals surface area contributed by atoms with Crippen LogP contribution in [0.25, 0.3) is 0 Å². The Bertz CT molecular complexity index is 403. The molecule has 0 aromatic heterocycles. The molecule has 0 fully saturated rings. The molecule has 1 amide bonds. The van der Waals surface area contributed by atoms with Crippen LogP contribution in [0.3, 0.4) is 0 Å². The van der Waals surface area contributed by atoms with E-state index in [1.54, 1.807) is 19.1 Å². The van der Waals surface area contributed by atoms with E-state index in [1.807, 2.05) is 12.1 Å². The van der Waals surface area contributed by atoms with Crippen molar-refractivity contribution >= 4 is 20.5 Å². The van der Waals surface area contributed by atoms with Crippen LogP contribution in [0.15, 0.2) is 12.1 Å². The molecule has 1 aliphatic rings. The standard InChI is InChI=1S/C10H12NO2P/c1-11-5-6-3-4-7(13-2)9(14)8(6)10(11)12/h3-4H,5,14H2,1-2H3. The first-order valence-corrected chi connectivity index (χ1v) is 4.93. The molecule has 1 aliphatic heterocycles. The third-order valence-corrected chi connectivity index (χ3v) is 3.05. The van der Waals surface area contributed by atoms with Gasteiger partial charge in [0.1, 0.15) is 5.75 Å². The van der Waals surface area contributed by atoms with E-state index < -0.39 is 0 Å². The number of carbonyl (C=O) groups is 1. The molecule has 1 aromatic carbocycles. The maximum Gasteiger partial charge on any atom is 0.255 e. The van der Waals surface area contributed by atoms with Crippen LogP contribution in [0.4, 0.5) is 0 Å². The SMILES string of the molecule is COc1ccc2c(c1P)C(=O)N(C)C2. The van der Waals surface area contributed by atoms with E-state index in [0.29, 0.717) is 6.54 Å². The number of ether oxygens (including phenoxy) is 1. The first-order chi connectivity index (χ1) is 6.65. The number of rotatable bonds is 1. The van der Waals surface area contributed by atoms with Gasteiger partial charge >= 0.3 is 0 Å². The number of fused-ring (bicyclic) bond motifs is 1. The lowest BCUT2D eigenvalue weighted by Gasteiger charge is -2.07. The lowest BCUT2D eigenvalue weighted by atomic mass is 10.1. The Balaban J connectivity index is 2.60. The van der Waals surface area contributed by atoms with Crippen LogP contribution in [0.2, 0.25) is 0 Å². The van der Waals surface area contributed by atoms with Crippen LogP contribution in [-0.4, -0.2) is 25.0 Å². The van der Waals surface area contributed by atoms with E-state index in [-0.39, 0.29) is 5.91 Å². The van der Waals surface area contributed by atoms with Crippen molar-refractivity contribution in [2.45, 2.75) is 6.54 Å². The zero-order valence-corrected chi connectivity index (χ0v) is 9.36. The number of benzene rings is 1. The van der Waals surface area contributed by atoms with Crippen molar-refractivity contribution in [1.82, 2.24) is 4.90 Å². The summed E-state index contributed by atoms with van der Waals surface area (Å²) in [5.41, 5.74) is 1.85. The zero-order chi connectivity index (χ0) is 10.3. The van der Waals surface area contributed by atoms with Crippen LogP contribution < -0.4 is 10.0 Å². The molecule has 4 heteroatoms. The summed E-state index contributed by atoms with van der Waals surface area (Å²) in [6.07, 6.45) is 0. The van der Waals surface area contributed by atoms with Crippen LogP contribution in [0.5, 0.6) is 5.75 Å². The largest absolute Gasteiger partial charge is 0.496 e. The second kappa shape index (κ2) is 3.25. The maximum atomic E-state index is 11.7. The van der Waals surface area contributed by atoms with E-state index in [2.05, 4.69) is 9.24 Å². The highest BCUT2D eigenvalue weighted by molar-refractivity contribution is 7.28. The third-order valence-electron chi connectivity index (χ3n) is 2.48. The minimum absolute atomic E-state index is 0.0731. The first kappa shape index (κ1) is 9.47. The quantitative estimate of drug-likeness (QED) is 0.640. The summed E-state index contributed by atoms with van der Waals surface area (Å²) < 4.78 is 5.16. The summed E-state index contributed by atoms with van der Waals surface area (Å²) >= 11 is 0. The van der Waals surface area contributed by atoms with E-state index in [0.717, 1.165) is 22.2 Å². The molecule has 0 saturated heterocycles. The highest BCUT2D eigenvalue weighted by Gasteiger charge is 2.27. The van der Waals surface area contributed by atoms with E-state index >= 15 is 0 Å². The fourth-order valence-electron chi connectivity index (χ4n) is 1.73. The zero-order valence-electron chi connectivity index (χ0n) is 8.20. The molecule has 1 atom stereocenters. The summed E-state index contributed by atoms with van der Waals surface area (Å²) in [5, 5.41) is 0.861. The third kappa shape index (κ3) is 1.20. The van der Waals surface area contributed by atoms with E-state index in [1.165, 1.54) is 0 Å². The topological polar surface area (TPSA) is 29.5 Å². The van der Waals surface area contributed by atoms with Gasteiger partial charge in [0, 0.05) is 18.9 Å². The van der Waals surface area contributed by atoms with Gasteiger partial charge in [-0.1, -0.05) is 6.07 Å². The highest BCUT2D eigenvalue weighted by Crippen LogP contribution is 2.25. The molecule has 1 aromatic rings. The Labute approximate surface area is 85.3 Å². The Morgan fingerprint density at radius 2 is 2.21 bits per heavy atom. The molecule has 0 spiro atoms. The van der Waals surface area contributed by atoms with Crippen molar-refractivity contribution in [2.24, 2.45) is 0 Å². The van der Waals surface area contributed by atoms with Crippen LogP contribution in [0.1, 0.15) is 15.9 Å². The Kier molecular flexibility index (Phi) is 2.20. The summed E-state index contributed by atoms with van der Waals surface area (Å²) in [7, 11) is 5.99. The Morgan fingerprint density at radius 1 is 1.50 bits per heavy atom. The van der Waals surface area contributed by atoms with Gasteiger partial charge in [0.15, 0.2) is 0 Å². The summed E-state index contributed by atoms with van der Waals surface area (Å²) in [6, 6.07) is 3.84. The number of hydrogen-bond donors (Lipinski definition) is 0. The maximum absolute atomic E-state index is 11.7. The summed E-state index contributed by atoms with van der Waals surface area (Å²) in [6.45, 7) is 0.694. The molecule has 0 aliphatic carbocycles. The molecule has 3 nitrogen and oxygen atoms in total. The Morgan fingerprint density at radius 3 is 2.86 bits per heavy atom. The molecule has 0 saturated carbocycles. The normalized spacial score (nSPS) is 14.5. The minimum atomic E-state index is 0.0731. The molecule has 0 N–H and O–H groups in total. The minimum Gasteiger partial charge on any atom is -0.496 e. The molecule has 74 valence electrons. The van der Waals surface area contributed by atoms with Gasteiger partial charge in [0.25, 0.3) is 5.91 Å². The fourth-order valence-corrected chi connectivity index (χ4v) is 2.25. The van der Waals surface area contributed by atoms with E-state index in [9.17, 15) is 4.79 Å². The fraction of sp³-hybridized carbons (Fsp3) is 0.300. The Hall–Kier alpha value is -1.08. The van der Waals surface area contributed by atoms with Gasteiger partial charge in [-0.2, -0.15) is 0 Å². The van der Waals surface area contributed by atoms with Crippen molar-refractivity contribution in [3.8, 4) is 5.75 Å². The molecular formula is C10H12NO2P. The molecule has 14 heavy (non-hydrogen) atoms. The predicted molar refractivity (Wildman–Crippen MR) is 58.1 cm³/mol. The first-order valence-electron chi connectivity index (χ1n) is 4.36. The lowest BCUT2D eigenvalue weighted by molar-refractivity contribution is 0.0817. The van der Waals surface area contributed by atoms with Crippen molar-refractivity contribution < 1.29 is 9.53 Å². The molecule has 0 bridgehead atoms. The average molecular weight is 209 g/mol. The summed E-state index contributed by atoms with van der Waals surface area (Å²) in [4.78, 5) is 13.4. The number of nitrogens with zero attached hydrogens (tertiary/aromatic N) is 1. The molecule has 2 rings (SSSR count). The van der Waals surface area contributed by atoms with Gasteiger partial charge in [-0.15, -0.1) is 9.24 Å². The van der Waals surface area contributed by atoms with Crippen LogP contribution in [-0.2, 0) is 6.54 Å². The summed E-state index contributed by atoms with van der Waals surface area (Å²) in [5.74, 6) is 0.821. The number of hydrogen-bond acceptors (Lipinski definition) is 2. The van der Waals surface area contributed by atoms with Gasteiger partial charge < -0.3 is 9.64 Å². The molecule has 1 heterocycles. The van der Waals surface area contributed by atoms with Crippen molar-refractivity contribution in [2.75, 3.05) is 14.2 Å².